The van der Waals surface area contributed by atoms with E-state index in [0.29, 0.717) is 6.42 Å². The normalized spacial score (nSPS) is 12.1. The predicted molar refractivity (Wildman–Crippen MR) is 51.9 cm³/mol. The van der Waals surface area contributed by atoms with E-state index in [9.17, 15) is 9.18 Å². The van der Waals surface area contributed by atoms with Crippen molar-refractivity contribution in [1.82, 2.24) is 9.97 Å². The number of rotatable bonds is 5. The summed E-state index contributed by atoms with van der Waals surface area (Å²) in [7, 11) is 0. The molecule has 0 spiro atoms. The van der Waals surface area contributed by atoms with Crippen molar-refractivity contribution in [2.24, 2.45) is 5.92 Å². The number of halogens is 1. The molecule has 6 heteroatoms. The van der Waals surface area contributed by atoms with Crippen LogP contribution in [0.25, 0.3) is 0 Å². The van der Waals surface area contributed by atoms with Crippen LogP contribution in [0.15, 0.2) is 12.4 Å². The summed E-state index contributed by atoms with van der Waals surface area (Å²) in [5, 5.41) is 11.5. The Morgan fingerprint density at radius 3 is 2.67 bits per heavy atom. The number of nitrogens with zero attached hydrogens (tertiary/aromatic N) is 2. The Morgan fingerprint density at radius 2 is 2.20 bits per heavy atom. The van der Waals surface area contributed by atoms with Crippen LogP contribution in [-0.2, 0) is 4.79 Å². The zero-order valence-corrected chi connectivity index (χ0v) is 8.27. The quantitative estimate of drug-likeness (QED) is 0.767. The van der Waals surface area contributed by atoms with Gasteiger partial charge in [0.25, 0.3) is 0 Å². The van der Waals surface area contributed by atoms with Crippen molar-refractivity contribution in [2.75, 3.05) is 11.9 Å². The van der Waals surface area contributed by atoms with Gasteiger partial charge >= 0.3 is 5.97 Å². The minimum atomic E-state index is -0.868. The highest BCUT2D eigenvalue weighted by atomic mass is 19.1. The first kappa shape index (κ1) is 11.4. The number of carbonyl (C=O) groups is 1. The average Bonchev–Trinajstić information content (AvgIpc) is 2.21. The molecule has 0 aliphatic carbocycles. The predicted octanol–water partition coefficient (Wildman–Crippen LogP) is 1.14. The summed E-state index contributed by atoms with van der Waals surface area (Å²) in [4.78, 5) is 18.0. The van der Waals surface area contributed by atoms with Gasteiger partial charge in [-0.3, -0.25) is 4.79 Å². The molecule has 0 saturated heterocycles. The molecule has 15 heavy (non-hydrogen) atoms. The lowest BCUT2D eigenvalue weighted by Gasteiger charge is -2.10. The summed E-state index contributed by atoms with van der Waals surface area (Å²) >= 11 is 0. The van der Waals surface area contributed by atoms with E-state index in [4.69, 9.17) is 5.11 Å². The molecule has 1 unspecified atom stereocenters. The van der Waals surface area contributed by atoms with Gasteiger partial charge in [0.05, 0.1) is 18.3 Å². The molecular weight excluding hydrogens is 201 g/mol. The SMILES string of the molecule is CCC(CNc1ncc(F)cn1)C(=O)O. The first-order chi connectivity index (χ1) is 7.13. The van der Waals surface area contributed by atoms with Gasteiger partial charge in [-0.1, -0.05) is 6.92 Å². The van der Waals surface area contributed by atoms with Crippen molar-refractivity contribution in [2.45, 2.75) is 13.3 Å². The van der Waals surface area contributed by atoms with E-state index < -0.39 is 17.7 Å². The van der Waals surface area contributed by atoms with E-state index in [1.165, 1.54) is 0 Å². The summed E-state index contributed by atoms with van der Waals surface area (Å²) < 4.78 is 12.4. The van der Waals surface area contributed by atoms with E-state index >= 15 is 0 Å². The number of aromatic nitrogens is 2. The molecule has 0 aliphatic heterocycles. The topological polar surface area (TPSA) is 75.1 Å². The molecule has 1 aromatic heterocycles. The highest BCUT2D eigenvalue weighted by molar-refractivity contribution is 5.70. The number of hydrogen-bond acceptors (Lipinski definition) is 4. The third-order valence-corrected chi connectivity index (χ3v) is 1.97. The van der Waals surface area contributed by atoms with Gasteiger partial charge in [0.1, 0.15) is 0 Å². The van der Waals surface area contributed by atoms with Crippen molar-refractivity contribution in [3.8, 4) is 0 Å². The maximum absolute atomic E-state index is 12.4. The molecule has 82 valence electrons. The molecule has 0 aliphatic rings. The lowest BCUT2D eigenvalue weighted by atomic mass is 10.1. The van der Waals surface area contributed by atoms with Crippen molar-refractivity contribution in [3.05, 3.63) is 18.2 Å². The molecule has 1 rings (SSSR count). The van der Waals surface area contributed by atoms with Gasteiger partial charge in [-0.15, -0.1) is 0 Å². The number of hydrogen-bond donors (Lipinski definition) is 2. The van der Waals surface area contributed by atoms with Crippen molar-refractivity contribution in [1.29, 1.82) is 0 Å². The second kappa shape index (κ2) is 5.23. The minimum absolute atomic E-state index is 0.233. The Hall–Kier alpha value is -1.72. The fourth-order valence-corrected chi connectivity index (χ4v) is 1.02. The fraction of sp³-hybridized carbons (Fsp3) is 0.444. The maximum atomic E-state index is 12.4. The molecule has 0 saturated carbocycles. The number of anilines is 1. The monoisotopic (exact) mass is 213 g/mol. The van der Waals surface area contributed by atoms with E-state index in [-0.39, 0.29) is 12.5 Å². The molecule has 1 heterocycles. The van der Waals surface area contributed by atoms with Gasteiger partial charge < -0.3 is 10.4 Å². The van der Waals surface area contributed by atoms with Crippen molar-refractivity contribution in [3.63, 3.8) is 0 Å². The van der Waals surface area contributed by atoms with E-state index in [2.05, 4.69) is 15.3 Å². The standard InChI is InChI=1S/C9H12FN3O2/c1-2-6(8(14)15)3-11-9-12-4-7(10)5-13-9/h4-6H,2-3H2,1H3,(H,14,15)(H,11,12,13). The van der Waals surface area contributed by atoms with Gasteiger partial charge in [-0.25, -0.2) is 14.4 Å². The van der Waals surface area contributed by atoms with Gasteiger partial charge in [0.2, 0.25) is 5.95 Å². The van der Waals surface area contributed by atoms with Crippen LogP contribution in [0.4, 0.5) is 10.3 Å². The van der Waals surface area contributed by atoms with E-state index in [1.807, 2.05) is 0 Å². The first-order valence-electron chi connectivity index (χ1n) is 4.57. The molecule has 0 amide bonds. The molecule has 2 N–H and O–H groups in total. The summed E-state index contributed by atoms with van der Waals surface area (Å²) in [6.45, 7) is 2.02. The van der Waals surface area contributed by atoms with Crippen LogP contribution in [0.5, 0.6) is 0 Å². The molecule has 1 atom stereocenters. The highest BCUT2D eigenvalue weighted by Gasteiger charge is 2.14. The Kier molecular flexibility index (Phi) is 3.96. The van der Waals surface area contributed by atoms with Crippen LogP contribution in [0.3, 0.4) is 0 Å². The van der Waals surface area contributed by atoms with Crippen LogP contribution in [0.2, 0.25) is 0 Å². The fourth-order valence-electron chi connectivity index (χ4n) is 1.02. The maximum Gasteiger partial charge on any atom is 0.308 e. The van der Waals surface area contributed by atoms with Crippen LogP contribution in [-0.4, -0.2) is 27.6 Å². The first-order valence-corrected chi connectivity index (χ1v) is 4.57. The third kappa shape index (κ3) is 3.49. The van der Waals surface area contributed by atoms with Gasteiger partial charge in [-0.2, -0.15) is 0 Å². The summed E-state index contributed by atoms with van der Waals surface area (Å²) in [5.41, 5.74) is 0. The Morgan fingerprint density at radius 1 is 1.60 bits per heavy atom. The molecule has 0 radical (unpaired) electrons. The smallest absolute Gasteiger partial charge is 0.308 e. The lowest BCUT2D eigenvalue weighted by molar-refractivity contribution is -0.141. The molecule has 0 bridgehead atoms. The van der Waals surface area contributed by atoms with Gasteiger partial charge in [0.15, 0.2) is 5.82 Å². The van der Waals surface area contributed by atoms with Gasteiger partial charge in [0, 0.05) is 6.54 Å². The second-order valence-electron chi connectivity index (χ2n) is 3.05. The summed E-state index contributed by atoms with van der Waals surface area (Å²) in [5.74, 6) is -1.65. The molecular formula is C9H12FN3O2. The zero-order chi connectivity index (χ0) is 11.3. The van der Waals surface area contributed by atoms with Crippen molar-refractivity contribution < 1.29 is 14.3 Å². The lowest BCUT2D eigenvalue weighted by Crippen LogP contribution is -2.22. The molecule has 1 aromatic rings. The molecule has 0 fully saturated rings. The number of carboxylic acid groups (broad SMARTS) is 1. The van der Waals surface area contributed by atoms with Crippen LogP contribution < -0.4 is 5.32 Å². The third-order valence-electron chi connectivity index (χ3n) is 1.97. The van der Waals surface area contributed by atoms with Crippen LogP contribution in [0.1, 0.15) is 13.3 Å². The summed E-state index contributed by atoms with van der Waals surface area (Å²) in [6.07, 6.45) is 2.57. The van der Waals surface area contributed by atoms with E-state index in [0.717, 1.165) is 12.4 Å². The number of aliphatic carboxylic acids is 1. The van der Waals surface area contributed by atoms with Gasteiger partial charge in [-0.05, 0) is 6.42 Å². The van der Waals surface area contributed by atoms with E-state index in [1.54, 1.807) is 6.92 Å². The Labute approximate surface area is 86.4 Å². The number of nitrogens with one attached hydrogen (secondary N) is 1. The highest BCUT2D eigenvalue weighted by Crippen LogP contribution is 2.04. The van der Waals surface area contributed by atoms with Crippen LogP contribution >= 0.6 is 0 Å². The number of carboxylic acids is 1. The van der Waals surface area contributed by atoms with Crippen molar-refractivity contribution >= 4 is 11.9 Å². The Bertz CT molecular complexity index is 329. The molecule has 5 nitrogen and oxygen atoms in total. The summed E-state index contributed by atoms with van der Waals surface area (Å²) in [6, 6.07) is 0. The largest absolute Gasteiger partial charge is 0.481 e. The van der Waals surface area contributed by atoms with Crippen LogP contribution in [0, 0.1) is 11.7 Å². The Balaban J connectivity index is 2.49. The zero-order valence-electron chi connectivity index (χ0n) is 8.27. The average molecular weight is 213 g/mol. The second-order valence-corrected chi connectivity index (χ2v) is 3.05. The minimum Gasteiger partial charge on any atom is -0.481 e. The molecule has 0 aromatic carbocycles.